The van der Waals surface area contributed by atoms with Crippen molar-refractivity contribution in [2.24, 2.45) is 0 Å². The molecular weight excluding hydrogens is 364 g/mol. The van der Waals surface area contributed by atoms with E-state index in [0.29, 0.717) is 6.54 Å². The van der Waals surface area contributed by atoms with Crippen LogP contribution in [-0.2, 0) is 21.2 Å². The van der Waals surface area contributed by atoms with Crippen LogP contribution < -0.4 is 5.32 Å². The Kier molecular flexibility index (Phi) is 5.52. The van der Waals surface area contributed by atoms with Crippen molar-refractivity contribution in [3.8, 4) is 11.1 Å². The lowest BCUT2D eigenvalue weighted by Gasteiger charge is -2.09. The molecule has 0 saturated heterocycles. The molecule has 27 heavy (non-hydrogen) atoms. The SMILES string of the molecule is O=C(O)CS(=O)(=O)c1ccc(NCc2cccc(-c3cccnc3)c2)cc1. The monoisotopic (exact) mass is 382 g/mol. The molecule has 1 heterocycles. The first-order valence-electron chi connectivity index (χ1n) is 8.22. The van der Waals surface area contributed by atoms with Crippen molar-refractivity contribution in [2.75, 3.05) is 11.1 Å². The number of hydrogen-bond acceptors (Lipinski definition) is 5. The number of aliphatic carboxylic acids is 1. The summed E-state index contributed by atoms with van der Waals surface area (Å²) >= 11 is 0. The summed E-state index contributed by atoms with van der Waals surface area (Å²) in [6, 6.07) is 18.0. The zero-order valence-corrected chi connectivity index (χ0v) is 15.2. The Hall–Kier alpha value is -3.19. The highest BCUT2D eigenvalue weighted by molar-refractivity contribution is 7.92. The van der Waals surface area contributed by atoms with Crippen LogP contribution in [0.1, 0.15) is 5.56 Å². The van der Waals surface area contributed by atoms with E-state index in [0.717, 1.165) is 22.4 Å². The number of carboxylic acid groups (broad SMARTS) is 1. The fourth-order valence-electron chi connectivity index (χ4n) is 2.62. The van der Waals surface area contributed by atoms with Gasteiger partial charge in [0.15, 0.2) is 15.6 Å². The summed E-state index contributed by atoms with van der Waals surface area (Å²) < 4.78 is 23.8. The van der Waals surface area contributed by atoms with Crippen LogP contribution in [0.4, 0.5) is 5.69 Å². The number of anilines is 1. The van der Waals surface area contributed by atoms with Gasteiger partial charge in [-0.25, -0.2) is 8.42 Å². The maximum Gasteiger partial charge on any atom is 0.319 e. The number of hydrogen-bond donors (Lipinski definition) is 2. The lowest BCUT2D eigenvalue weighted by atomic mass is 10.0. The van der Waals surface area contributed by atoms with E-state index in [9.17, 15) is 13.2 Å². The summed E-state index contributed by atoms with van der Waals surface area (Å²) in [5.74, 6) is -2.29. The Labute approximate surface area is 157 Å². The molecule has 1 aromatic heterocycles. The van der Waals surface area contributed by atoms with Crippen LogP contribution in [0.25, 0.3) is 11.1 Å². The quantitative estimate of drug-likeness (QED) is 0.651. The highest BCUT2D eigenvalue weighted by atomic mass is 32.2. The van der Waals surface area contributed by atoms with Crippen LogP contribution in [0, 0.1) is 0 Å². The van der Waals surface area contributed by atoms with Gasteiger partial charge in [0.1, 0.15) is 0 Å². The van der Waals surface area contributed by atoms with E-state index in [1.165, 1.54) is 12.1 Å². The number of carboxylic acids is 1. The van der Waals surface area contributed by atoms with Gasteiger partial charge in [-0.15, -0.1) is 0 Å². The van der Waals surface area contributed by atoms with E-state index in [1.54, 1.807) is 18.3 Å². The van der Waals surface area contributed by atoms with E-state index in [-0.39, 0.29) is 4.90 Å². The van der Waals surface area contributed by atoms with Crippen molar-refractivity contribution in [1.29, 1.82) is 0 Å². The second-order valence-electron chi connectivity index (χ2n) is 5.97. The van der Waals surface area contributed by atoms with Crippen molar-refractivity contribution < 1.29 is 18.3 Å². The van der Waals surface area contributed by atoms with Gasteiger partial charge < -0.3 is 10.4 Å². The molecule has 2 N–H and O–H groups in total. The first-order chi connectivity index (χ1) is 12.9. The number of benzene rings is 2. The standard InChI is InChI=1S/C20H18N2O4S/c23-20(24)14-27(25,26)19-8-6-18(7-9-19)22-12-15-3-1-4-16(11-15)17-5-2-10-21-13-17/h1-11,13,22H,12,14H2,(H,23,24). The van der Waals surface area contributed by atoms with Crippen molar-refractivity contribution in [3.05, 3.63) is 78.6 Å². The summed E-state index contributed by atoms with van der Waals surface area (Å²) in [5.41, 5.74) is 3.92. The highest BCUT2D eigenvalue weighted by Crippen LogP contribution is 2.20. The van der Waals surface area contributed by atoms with E-state index >= 15 is 0 Å². The van der Waals surface area contributed by atoms with Crippen LogP contribution in [0.3, 0.4) is 0 Å². The van der Waals surface area contributed by atoms with E-state index in [2.05, 4.69) is 16.4 Å². The predicted molar refractivity (Wildman–Crippen MR) is 103 cm³/mol. The first kappa shape index (κ1) is 18.6. The Morgan fingerprint density at radius 1 is 1.00 bits per heavy atom. The van der Waals surface area contributed by atoms with Gasteiger partial charge in [0.2, 0.25) is 0 Å². The van der Waals surface area contributed by atoms with Gasteiger partial charge in [0, 0.05) is 24.6 Å². The number of nitrogens with one attached hydrogen (secondary N) is 1. The fraction of sp³-hybridized carbons (Fsp3) is 0.100. The lowest BCUT2D eigenvalue weighted by molar-refractivity contribution is -0.134. The van der Waals surface area contributed by atoms with Gasteiger partial charge in [-0.05, 0) is 53.1 Å². The van der Waals surface area contributed by atoms with Crippen LogP contribution in [-0.4, -0.2) is 30.2 Å². The molecular formula is C20H18N2O4S. The van der Waals surface area contributed by atoms with E-state index in [4.69, 9.17) is 5.11 Å². The highest BCUT2D eigenvalue weighted by Gasteiger charge is 2.18. The molecule has 138 valence electrons. The van der Waals surface area contributed by atoms with Crippen molar-refractivity contribution in [2.45, 2.75) is 11.4 Å². The molecule has 0 aliphatic rings. The average Bonchev–Trinajstić information content (AvgIpc) is 2.67. The molecule has 7 heteroatoms. The molecule has 0 amide bonds. The van der Waals surface area contributed by atoms with Crippen LogP contribution in [0.5, 0.6) is 0 Å². The normalized spacial score (nSPS) is 11.1. The molecule has 6 nitrogen and oxygen atoms in total. The lowest BCUT2D eigenvalue weighted by Crippen LogP contribution is -2.15. The van der Waals surface area contributed by atoms with Crippen molar-refractivity contribution in [3.63, 3.8) is 0 Å². The summed E-state index contributed by atoms with van der Waals surface area (Å²) in [4.78, 5) is 14.8. The molecule has 0 radical (unpaired) electrons. The smallest absolute Gasteiger partial charge is 0.319 e. The molecule has 0 aliphatic heterocycles. The molecule has 0 unspecified atom stereocenters. The van der Waals surface area contributed by atoms with E-state index < -0.39 is 21.6 Å². The minimum Gasteiger partial charge on any atom is -0.480 e. The third kappa shape index (κ3) is 4.92. The number of aromatic nitrogens is 1. The van der Waals surface area contributed by atoms with Gasteiger partial charge in [-0.3, -0.25) is 9.78 Å². The average molecular weight is 382 g/mol. The van der Waals surface area contributed by atoms with Crippen LogP contribution >= 0.6 is 0 Å². The number of sulfone groups is 1. The third-order valence-corrected chi connectivity index (χ3v) is 5.56. The molecule has 0 atom stereocenters. The minimum atomic E-state index is -3.81. The fourth-order valence-corrected chi connectivity index (χ4v) is 3.67. The summed E-state index contributed by atoms with van der Waals surface area (Å²) in [5, 5.41) is 11.9. The largest absolute Gasteiger partial charge is 0.480 e. The zero-order valence-electron chi connectivity index (χ0n) is 14.4. The molecule has 0 fully saturated rings. The summed E-state index contributed by atoms with van der Waals surface area (Å²) in [6.45, 7) is 0.565. The third-order valence-electron chi connectivity index (χ3n) is 3.95. The van der Waals surface area contributed by atoms with Crippen LogP contribution in [0.2, 0.25) is 0 Å². The van der Waals surface area contributed by atoms with E-state index in [1.807, 2.05) is 36.5 Å². The molecule has 3 aromatic rings. The zero-order chi connectivity index (χ0) is 19.3. The molecule has 0 spiro atoms. The topological polar surface area (TPSA) is 96.4 Å². The number of nitrogens with zero attached hydrogens (tertiary/aromatic N) is 1. The number of rotatable bonds is 7. The van der Waals surface area contributed by atoms with Crippen molar-refractivity contribution >= 4 is 21.5 Å². The maximum absolute atomic E-state index is 11.9. The van der Waals surface area contributed by atoms with Gasteiger partial charge in [-0.1, -0.05) is 24.3 Å². The molecule has 3 rings (SSSR count). The van der Waals surface area contributed by atoms with Crippen molar-refractivity contribution in [1.82, 2.24) is 4.98 Å². The second-order valence-corrected chi connectivity index (χ2v) is 7.96. The molecule has 0 aliphatic carbocycles. The van der Waals surface area contributed by atoms with Gasteiger partial charge in [0.25, 0.3) is 0 Å². The Morgan fingerprint density at radius 3 is 2.41 bits per heavy atom. The first-order valence-corrected chi connectivity index (χ1v) is 9.87. The molecule has 2 aromatic carbocycles. The van der Waals surface area contributed by atoms with Crippen LogP contribution in [0.15, 0.2) is 78.0 Å². The summed E-state index contributed by atoms with van der Waals surface area (Å²) in [7, 11) is -3.81. The predicted octanol–water partition coefficient (Wildman–Crippen LogP) is 3.22. The van der Waals surface area contributed by atoms with Gasteiger partial charge in [-0.2, -0.15) is 0 Å². The Morgan fingerprint density at radius 2 is 1.74 bits per heavy atom. The number of carbonyl (C=O) groups is 1. The minimum absolute atomic E-state index is 0.00553. The molecule has 0 bridgehead atoms. The van der Waals surface area contributed by atoms with Gasteiger partial charge >= 0.3 is 5.97 Å². The second kappa shape index (κ2) is 8.01. The Balaban J connectivity index is 1.68. The summed E-state index contributed by atoms with van der Waals surface area (Å²) in [6.07, 6.45) is 3.54. The Bertz CT molecular complexity index is 1030. The maximum atomic E-state index is 11.9. The number of pyridine rings is 1. The molecule has 0 saturated carbocycles. The van der Waals surface area contributed by atoms with Gasteiger partial charge in [0.05, 0.1) is 4.90 Å².